The number of furan rings is 1. The molecule has 0 aliphatic heterocycles. The van der Waals surface area contributed by atoms with Crippen LogP contribution in [-0.4, -0.2) is 31.6 Å². The summed E-state index contributed by atoms with van der Waals surface area (Å²) in [7, 11) is 1.26. The molecule has 0 N–H and O–H groups in total. The molecule has 1 fully saturated rings. The molecule has 7 heteroatoms. The molecule has 1 aromatic heterocycles. The van der Waals surface area contributed by atoms with E-state index in [1.165, 1.54) is 25.5 Å². The fraction of sp³-hybridized carbons (Fsp3) is 0.500. The number of methoxy groups -OCH3 is 1. The van der Waals surface area contributed by atoms with Crippen LogP contribution in [0.4, 0.5) is 0 Å². The molecule has 0 unspecified atom stereocenters. The molecule has 25 heavy (non-hydrogen) atoms. The summed E-state index contributed by atoms with van der Waals surface area (Å²) >= 11 is 0. The van der Waals surface area contributed by atoms with Crippen molar-refractivity contribution in [2.24, 2.45) is 11.8 Å². The number of carbonyl (C=O) groups is 3. The first kappa shape index (κ1) is 18.8. The molecule has 7 nitrogen and oxygen atoms in total. The van der Waals surface area contributed by atoms with Crippen molar-refractivity contribution in [3.8, 4) is 0 Å². The average Bonchev–Trinajstić information content (AvgIpc) is 3.16. The third-order valence-electron chi connectivity index (χ3n) is 4.09. The molecule has 2 rings (SSSR count). The number of carbonyl (C=O) groups excluding carboxylic acids is 3. The molecule has 1 aliphatic rings. The molecule has 0 spiro atoms. The molecule has 1 saturated carbocycles. The maximum Gasteiger partial charge on any atom is 0.330 e. The van der Waals surface area contributed by atoms with Crippen LogP contribution in [0.5, 0.6) is 0 Å². The Balaban J connectivity index is 1.85. The Hall–Kier alpha value is -2.57. The van der Waals surface area contributed by atoms with Gasteiger partial charge in [0.05, 0.1) is 25.2 Å². The van der Waals surface area contributed by atoms with Gasteiger partial charge in [-0.05, 0) is 31.1 Å². The van der Waals surface area contributed by atoms with E-state index in [2.05, 4.69) is 4.74 Å². The normalized spacial score (nSPS) is 20.2. The van der Waals surface area contributed by atoms with E-state index in [-0.39, 0.29) is 13.2 Å². The summed E-state index contributed by atoms with van der Waals surface area (Å²) in [5.74, 6) is -1.87. The van der Waals surface area contributed by atoms with Gasteiger partial charge in [-0.15, -0.1) is 0 Å². The second-order valence-electron chi connectivity index (χ2n) is 5.74. The lowest BCUT2D eigenvalue weighted by atomic mass is 9.79. The monoisotopic (exact) mass is 350 g/mol. The molecule has 0 amide bonds. The molecular weight excluding hydrogens is 328 g/mol. The van der Waals surface area contributed by atoms with Crippen LogP contribution in [-0.2, 0) is 35.2 Å². The van der Waals surface area contributed by atoms with Gasteiger partial charge in [0.25, 0.3) is 0 Å². The van der Waals surface area contributed by atoms with Crippen LogP contribution in [0, 0.1) is 11.8 Å². The smallest absolute Gasteiger partial charge is 0.330 e. The third kappa shape index (κ3) is 5.77. The van der Waals surface area contributed by atoms with Gasteiger partial charge in [0, 0.05) is 6.08 Å². The van der Waals surface area contributed by atoms with E-state index in [4.69, 9.17) is 13.9 Å². The predicted octanol–water partition coefficient (Wildman–Crippen LogP) is 2.40. The van der Waals surface area contributed by atoms with Gasteiger partial charge in [0.1, 0.15) is 19.0 Å². The summed E-state index contributed by atoms with van der Waals surface area (Å²) in [5, 5.41) is 0. The molecule has 0 saturated heterocycles. The molecular formula is C18H22O7. The summed E-state index contributed by atoms with van der Waals surface area (Å²) in [6.07, 6.45) is 6.99. The van der Waals surface area contributed by atoms with E-state index >= 15 is 0 Å². The molecule has 0 radical (unpaired) electrons. The number of ether oxygens (including phenoxy) is 3. The quantitative estimate of drug-likeness (QED) is 0.423. The van der Waals surface area contributed by atoms with Crippen molar-refractivity contribution >= 4 is 17.9 Å². The van der Waals surface area contributed by atoms with Crippen molar-refractivity contribution in [3.63, 3.8) is 0 Å². The van der Waals surface area contributed by atoms with Crippen molar-refractivity contribution in [2.75, 3.05) is 13.7 Å². The molecule has 1 aliphatic carbocycles. The predicted molar refractivity (Wildman–Crippen MR) is 86.1 cm³/mol. The van der Waals surface area contributed by atoms with E-state index in [0.29, 0.717) is 18.6 Å². The lowest BCUT2D eigenvalue weighted by molar-refractivity contribution is -0.163. The fourth-order valence-corrected chi connectivity index (χ4v) is 2.79. The second kappa shape index (κ2) is 9.66. The topological polar surface area (TPSA) is 92.0 Å². The number of rotatable bonds is 7. The Kier molecular flexibility index (Phi) is 7.25. The lowest BCUT2D eigenvalue weighted by Gasteiger charge is -2.28. The maximum atomic E-state index is 12.3. The first-order chi connectivity index (χ1) is 12.1. The average molecular weight is 350 g/mol. The van der Waals surface area contributed by atoms with Crippen LogP contribution in [0.15, 0.2) is 35.0 Å². The van der Waals surface area contributed by atoms with Crippen LogP contribution in [0.25, 0.3) is 0 Å². The maximum absolute atomic E-state index is 12.3. The largest absolute Gasteiger partial charge is 0.466 e. The summed E-state index contributed by atoms with van der Waals surface area (Å²) < 4.78 is 20.0. The van der Waals surface area contributed by atoms with Crippen molar-refractivity contribution in [2.45, 2.75) is 32.3 Å². The Morgan fingerprint density at radius 1 is 1.16 bits per heavy atom. The summed E-state index contributed by atoms with van der Waals surface area (Å²) in [6, 6.07) is 3.43. The minimum atomic E-state index is -0.524. The molecule has 0 aromatic carbocycles. The van der Waals surface area contributed by atoms with Gasteiger partial charge in [0.15, 0.2) is 0 Å². The van der Waals surface area contributed by atoms with Crippen molar-refractivity contribution in [1.29, 1.82) is 0 Å². The van der Waals surface area contributed by atoms with E-state index in [1.54, 1.807) is 12.1 Å². The summed E-state index contributed by atoms with van der Waals surface area (Å²) in [6.45, 7) is 0.00453. The molecule has 2 atom stereocenters. The van der Waals surface area contributed by atoms with Crippen LogP contribution < -0.4 is 0 Å². The zero-order valence-electron chi connectivity index (χ0n) is 14.1. The van der Waals surface area contributed by atoms with Gasteiger partial charge in [0.2, 0.25) is 0 Å². The lowest BCUT2D eigenvalue weighted by Crippen LogP contribution is -2.35. The standard InChI is InChI=1S/C18H22O7/c1-22-16(19)9-5-11-24-17(20)14-7-2-3-8-15(14)18(21)25-12-13-6-4-10-23-13/h4-6,9-10,14-15H,2-3,7-8,11-12H2,1H3/b9-5+/t14-,15+/m1/s1. The molecule has 136 valence electrons. The molecule has 1 heterocycles. The highest BCUT2D eigenvalue weighted by Crippen LogP contribution is 2.32. The van der Waals surface area contributed by atoms with Crippen LogP contribution in [0.1, 0.15) is 31.4 Å². The van der Waals surface area contributed by atoms with Gasteiger partial charge < -0.3 is 18.6 Å². The van der Waals surface area contributed by atoms with E-state index in [1.807, 2.05) is 0 Å². The van der Waals surface area contributed by atoms with Crippen molar-refractivity contribution in [3.05, 3.63) is 36.3 Å². The van der Waals surface area contributed by atoms with E-state index in [9.17, 15) is 14.4 Å². The van der Waals surface area contributed by atoms with E-state index in [0.717, 1.165) is 12.8 Å². The Morgan fingerprint density at radius 2 is 1.84 bits per heavy atom. The SMILES string of the molecule is COC(=O)/C=C/COC(=O)[C@@H]1CCCC[C@@H]1C(=O)OCc1ccco1. The summed E-state index contributed by atoms with van der Waals surface area (Å²) in [5.41, 5.74) is 0. The molecule has 0 bridgehead atoms. The van der Waals surface area contributed by atoms with Crippen LogP contribution in [0.3, 0.4) is 0 Å². The molecule has 1 aromatic rings. The van der Waals surface area contributed by atoms with Gasteiger partial charge in [-0.2, -0.15) is 0 Å². The minimum absolute atomic E-state index is 0.0431. The number of esters is 3. The first-order valence-electron chi connectivity index (χ1n) is 8.22. The van der Waals surface area contributed by atoms with Crippen LogP contribution >= 0.6 is 0 Å². The van der Waals surface area contributed by atoms with Gasteiger partial charge in [-0.3, -0.25) is 9.59 Å². The van der Waals surface area contributed by atoms with Gasteiger partial charge in [-0.1, -0.05) is 12.8 Å². The van der Waals surface area contributed by atoms with Crippen molar-refractivity contribution < 1.29 is 33.0 Å². The number of hydrogen-bond donors (Lipinski definition) is 0. The minimum Gasteiger partial charge on any atom is -0.466 e. The fourth-order valence-electron chi connectivity index (χ4n) is 2.79. The third-order valence-corrected chi connectivity index (χ3v) is 4.09. The number of hydrogen-bond acceptors (Lipinski definition) is 7. The Labute approximate surface area is 145 Å². The zero-order valence-corrected chi connectivity index (χ0v) is 14.1. The van der Waals surface area contributed by atoms with Crippen LogP contribution in [0.2, 0.25) is 0 Å². The first-order valence-corrected chi connectivity index (χ1v) is 8.22. The zero-order chi connectivity index (χ0) is 18.1. The highest BCUT2D eigenvalue weighted by atomic mass is 16.5. The Bertz CT molecular complexity index is 603. The van der Waals surface area contributed by atoms with Gasteiger partial charge >= 0.3 is 17.9 Å². The Morgan fingerprint density at radius 3 is 2.44 bits per heavy atom. The highest BCUT2D eigenvalue weighted by Gasteiger charge is 2.37. The summed E-state index contributed by atoms with van der Waals surface area (Å²) in [4.78, 5) is 35.5. The second-order valence-corrected chi connectivity index (χ2v) is 5.74. The van der Waals surface area contributed by atoms with Gasteiger partial charge in [-0.25, -0.2) is 4.79 Å². The van der Waals surface area contributed by atoms with E-state index < -0.39 is 29.7 Å². The van der Waals surface area contributed by atoms with Crippen molar-refractivity contribution in [1.82, 2.24) is 0 Å². The highest BCUT2D eigenvalue weighted by molar-refractivity contribution is 5.83.